The highest BCUT2D eigenvalue weighted by atomic mass is 35.5. The van der Waals surface area contributed by atoms with Gasteiger partial charge in [-0.15, -0.1) is 0 Å². The molecule has 8 heteroatoms. The van der Waals surface area contributed by atoms with E-state index in [1.54, 1.807) is 30.3 Å². The lowest BCUT2D eigenvalue weighted by Crippen LogP contribution is -2.53. The lowest BCUT2D eigenvalue weighted by atomic mass is 9.75. The topological polar surface area (TPSA) is 78.5 Å². The van der Waals surface area contributed by atoms with Gasteiger partial charge in [0.05, 0.1) is 18.4 Å². The molecule has 3 aliphatic rings. The van der Waals surface area contributed by atoms with Gasteiger partial charge in [0.25, 0.3) is 0 Å². The fourth-order valence-corrected chi connectivity index (χ4v) is 6.02. The number of hydrogen-bond acceptors (Lipinski definition) is 4. The second-order valence-electron chi connectivity index (χ2n) is 9.18. The number of hydrogen-bond donors (Lipinski definition) is 2. The maximum atomic E-state index is 13.8. The number of carbonyl (C=O) groups excluding carboxylic acids is 3. The first-order valence-electron chi connectivity index (χ1n) is 10.6. The van der Waals surface area contributed by atoms with Gasteiger partial charge in [-0.3, -0.25) is 24.6 Å². The summed E-state index contributed by atoms with van der Waals surface area (Å²) in [6, 6.07) is 10.3. The van der Waals surface area contributed by atoms with Crippen LogP contribution in [-0.2, 0) is 26.5 Å². The lowest BCUT2D eigenvalue weighted by molar-refractivity contribution is -0.143. The van der Waals surface area contributed by atoms with Gasteiger partial charge in [0.1, 0.15) is 5.54 Å². The Balaban J connectivity index is 1.65. The number of benzene rings is 2. The van der Waals surface area contributed by atoms with E-state index in [1.807, 2.05) is 26.8 Å². The molecule has 2 saturated heterocycles. The Labute approximate surface area is 196 Å². The SMILES string of the molecule is Cc1cc(Cl)cc2c1NC(=O)C21NC(C(C)C)C2C(=O)N(Cc3ccccc3Cl)C(=O)C21. The summed E-state index contributed by atoms with van der Waals surface area (Å²) in [4.78, 5) is 42.1. The molecule has 3 aliphatic heterocycles. The molecule has 3 heterocycles. The minimum atomic E-state index is -1.34. The van der Waals surface area contributed by atoms with E-state index in [-0.39, 0.29) is 36.2 Å². The standard InChI is InChI=1S/C24H23Cl2N3O3/c1-11(2)19-17-18(22(31)29(21(17)30)10-13-6-4-5-7-16(13)26)24(28-19)15-9-14(25)8-12(3)20(15)27-23(24)32/h4-9,11,17-19,28H,10H2,1-3H3,(H,27,32). The van der Waals surface area contributed by atoms with Crippen molar-refractivity contribution in [1.29, 1.82) is 0 Å². The van der Waals surface area contributed by atoms with E-state index in [9.17, 15) is 14.4 Å². The molecule has 0 bridgehead atoms. The largest absolute Gasteiger partial charge is 0.324 e. The van der Waals surface area contributed by atoms with E-state index >= 15 is 0 Å². The molecule has 0 aromatic heterocycles. The number of imide groups is 1. The van der Waals surface area contributed by atoms with Gasteiger partial charge in [0.15, 0.2) is 0 Å². The normalized spacial score (nSPS) is 28.6. The zero-order valence-corrected chi connectivity index (χ0v) is 19.4. The van der Waals surface area contributed by atoms with Crippen molar-refractivity contribution in [3.8, 4) is 0 Å². The van der Waals surface area contributed by atoms with Crippen molar-refractivity contribution in [3.05, 3.63) is 63.1 Å². The zero-order valence-electron chi connectivity index (χ0n) is 17.9. The molecule has 0 aliphatic carbocycles. The van der Waals surface area contributed by atoms with Crippen LogP contribution in [0.4, 0.5) is 5.69 Å². The predicted molar refractivity (Wildman–Crippen MR) is 122 cm³/mol. The molecule has 4 atom stereocenters. The monoisotopic (exact) mass is 471 g/mol. The molecule has 0 saturated carbocycles. The molecule has 0 radical (unpaired) electrons. The Morgan fingerprint density at radius 1 is 1.09 bits per heavy atom. The minimum absolute atomic E-state index is 0.0241. The summed E-state index contributed by atoms with van der Waals surface area (Å²) in [5.41, 5.74) is 1.45. The van der Waals surface area contributed by atoms with E-state index in [1.165, 1.54) is 4.90 Å². The highest BCUT2D eigenvalue weighted by Crippen LogP contribution is 2.55. The van der Waals surface area contributed by atoms with Gasteiger partial charge in [-0.2, -0.15) is 0 Å². The van der Waals surface area contributed by atoms with Crippen LogP contribution in [0, 0.1) is 24.7 Å². The summed E-state index contributed by atoms with van der Waals surface area (Å²) in [6.45, 7) is 5.91. The molecule has 166 valence electrons. The summed E-state index contributed by atoms with van der Waals surface area (Å²) in [5, 5.41) is 7.33. The van der Waals surface area contributed by atoms with Gasteiger partial charge in [-0.1, -0.05) is 55.2 Å². The smallest absolute Gasteiger partial charge is 0.250 e. The van der Waals surface area contributed by atoms with Crippen molar-refractivity contribution in [1.82, 2.24) is 10.2 Å². The van der Waals surface area contributed by atoms with Crippen LogP contribution >= 0.6 is 23.2 Å². The predicted octanol–water partition coefficient (Wildman–Crippen LogP) is 3.88. The Morgan fingerprint density at radius 2 is 1.81 bits per heavy atom. The van der Waals surface area contributed by atoms with Gasteiger partial charge >= 0.3 is 0 Å². The minimum Gasteiger partial charge on any atom is -0.324 e. The third kappa shape index (κ3) is 2.79. The van der Waals surface area contributed by atoms with Crippen LogP contribution in [0.2, 0.25) is 10.0 Å². The van der Waals surface area contributed by atoms with Crippen molar-refractivity contribution in [2.45, 2.75) is 38.9 Å². The maximum absolute atomic E-state index is 13.8. The number of nitrogens with zero attached hydrogens (tertiary/aromatic N) is 1. The first kappa shape index (κ1) is 21.4. The number of anilines is 1. The first-order chi connectivity index (χ1) is 15.2. The molecule has 2 fully saturated rings. The van der Waals surface area contributed by atoms with Crippen molar-refractivity contribution in [3.63, 3.8) is 0 Å². The fraction of sp³-hybridized carbons (Fsp3) is 0.375. The van der Waals surface area contributed by atoms with Crippen molar-refractivity contribution >= 4 is 46.6 Å². The fourth-order valence-electron chi connectivity index (χ4n) is 5.55. The molecule has 2 N–H and O–H groups in total. The van der Waals surface area contributed by atoms with Crippen LogP contribution in [0.3, 0.4) is 0 Å². The number of likely N-dealkylation sites (tertiary alicyclic amines) is 1. The first-order valence-corrected chi connectivity index (χ1v) is 11.4. The third-order valence-corrected chi connectivity index (χ3v) is 7.60. The highest BCUT2D eigenvalue weighted by Gasteiger charge is 2.70. The van der Waals surface area contributed by atoms with Crippen LogP contribution in [0.5, 0.6) is 0 Å². The molecule has 3 amide bonds. The van der Waals surface area contributed by atoms with Gasteiger partial charge in [0.2, 0.25) is 17.7 Å². The maximum Gasteiger partial charge on any atom is 0.250 e. The van der Waals surface area contributed by atoms with E-state index in [0.29, 0.717) is 26.9 Å². The van der Waals surface area contributed by atoms with Crippen LogP contribution in [0.15, 0.2) is 36.4 Å². The number of amides is 3. The average Bonchev–Trinajstić information content (AvgIpc) is 3.31. The number of carbonyl (C=O) groups is 3. The van der Waals surface area contributed by atoms with Crippen molar-refractivity contribution < 1.29 is 14.4 Å². The summed E-state index contributed by atoms with van der Waals surface area (Å²) in [5.74, 6) is -2.45. The summed E-state index contributed by atoms with van der Waals surface area (Å²) in [6.07, 6.45) is 0. The molecule has 4 unspecified atom stereocenters. The van der Waals surface area contributed by atoms with E-state index in [4.69, 9.17) is 23.2 Å². The average molecular weight is 472 g/mol. The third-order valence-electron chi connectivity index (χ3n) is 7.02. The molecule has 32 heavy (non-hydrogen) atoms. The van der Waals surface area contributed by atoms with Gasteiger partial charge in [-0.05, 0) is 42.2 Å². The molecule has 2 aromatic rings. The summed E-state index contributed by atoms with van der Waals surface area (Å²) >= 11 is 12.7. The zero-order chi connectivity index (χ0) is 22.9. The quantitative estimate of drug-likeness (QED) is 0.665. The number of rotatable bonds is 3. The van der Waals surface area contributed by atoms with Crippen LogP contribution in [0.1, 0.15) is 30.5 Å². The molecule has 1 spiro atoms. The Kier molecular flexibility index (Phi) is 4.89. The Bertz CT molecular complexity index is 1180. The lowest BCUT2D eigenvalue weighted by Gasteiger charge is -2.30. The summed E-state index contributed by atoms with van der Waals surface area (Å²) in [7, 11) is 0. The molecule has 2 aromatic carbocycles. The van der Waals surface area contributed by atoms with Crippen LogP contribution in [-0.4, -0.2) is 28.7 Å². The number of fused-ring (bicyclic) bond motifs is 4. The van der Waals surface area contributed by atoms with Crippen molar-refractivity contribution in [2.24, 2.45) is 17.8 Å². The van der Waals surface area contributed by atoms with Gasteiger partial charge in [0, 0.05) is 27.3 Å². The van der Waals surface area contributed by atoms with Crippen molar-refractivity contribution in [2.75, 3.05) is 5.32 Å². The molecular formula is C24H23Cl2N3O3. The van der Waals surface area contributed by atoms with Gasteiger partial charge in [-0.25, -0.2) is 0 Å². The second-order valence-corrected chi connectivity index (χ2v) is 10.0. The van der Waals surface area contributed by atoms with Crippen LogP contribution < -0.4 is 10.6 Å². The molecular weight excluding hydrogens is 449 g/mol. The number of nitrogens with one attached hydrogen (secondary N) is 2. The molecule has 6 nitrogen and oxygen atoms in total. The van der Waals surface area contributed by atoms with E-state index in [0.717, 1.165) is 5.56 Å². The summed E-state index contributed by atoms with van der Waals surface area (Å²) < 4.78 is 0. The van der Waals surface area contributed by atoms with Gasteiger partial charge < -0.3 is 5.32 Å². The Morgan fingerprint density at radius 3 is 2.50 bits per heavy atom. The van der Waals surface area contributed by atoms with E-state index in [2.05, 4.69) is 10.6 Å². The second kappa shape index (κ2) is 7.30. The number of aryl methyl sites for hydroxylation is 1. The van der Waals surface area contributed by atoms with Crippen LogP contribution in [0.25, 0.3) is 0 Å². The Hall–Kier alpha value is -2.41. The molecule has 5 rings (SSSR count). The number of halogens is 2. The highest BCUT2D eigenvalue weighted by molar-refractivity contribution is 6.31. The van der Waals surface area contributed by atoms with E-state index < -0.39 is 17.4 Å².